The highest BCUT2D eigenvalue weighted by Crippen LogP contribution is 2.56. The van der Waals surface area contributed by atoms with Gasteiger partial charge in [-0.15, -0.1) is 0 Å². The third-order valence-electron chi connectivity index (χ3n) is 8.90. The maximum atomic E-state index is 15.2. The minimum Gasteiger partial charge on any atom is -0.495 e. The van der Waals surface area contributed by atoms with Crippen LogP contribution in [0.2, 0.25) is 0 Å². The quantitative estimate of drug-likeness (QED) is 0.367. The van der Waals surface area contributed by atoms with Gasteiger partial charge in [0.2, 0.25) is 5.95 Å². The van der Waals surface area contributed by atoms with E-state index in [1.807, 2.05) is 13.1 Å². The number of nitrogens with zero attached hydrogens (tertiary/aromatic N) is 4. The van der Waals surface area contributed by atoms with Crippen LogP contribution in [0, 0.1) is 5.82 Å². The van der Waals surface area contributed by atoms with Gasteiger partial charge in [0.05, 0.1) is 35.2 Å². The lowest BCUT2D eigenvalue weighted by atomic mass is 9.94. The first-order chi connectivity index (χ1) is 20.9. The van der Waals surface area contributed by atoms with E-state index in [-0.39, 0.29) is 52.6 Å². The molecule has 1 saturated carbocycles. The number of halogens is 4. The molecule has 2 fully saturated rings. The van der Waals surface area contributed by atoms with Gasteiger partial charge in [-0.3, -0.25) is 9.59 Å². The Morgan fingerprint density at radius 1 is 1.16 bits per heavy atom. The third kappa shape index (κ3) is 5.33. The molecule has 13 heteroatoms. The second kappa shape index (κ2) is 11.0. The molecule has 44 heavy (non-hydrogen) atoms. The molecule has 0 unspecified atom stereocenters. The Labute approximate surface area is 251 Å². The van der Waals surface area contributed by atoms with Crippen LogP contribution in [0.3, 0.4) is 0 Å². The number of piperidine rings is 1. The Balaban J connectivity index is 1.29. The molecule has 0 radical (unpaired) electrons. The summed E-state index contributed by atoms with van der Waals surface area (Å²) in [5, 5.41) is 5.61. The van der Waals surface area contributed by atoms with Crippen LogP contribution in [0.25, 0.3) is 0 Å². The van der Waals surface area contributed by atoms with Gasteiger partial charge in [-0.05, 0) is 63.0 Å². The van der Waals surface area contributed by atoms with E-state index in [1.54, 1.807) is 24.1 Å². The van der Waals surface area contributed by atoms with Crippen molar-refractivity contribution in [3.63, 3.8) is 0 Å². The number of aromatic nitrogens is 2. The Morgan fingerprint density at radius 2 is 1.89 bits per heavy atom. The third-order valence-corrected chi connectivity index (χ3v) is 8.90. The maximum absolute atomic E-state index is 15.2. The lowest BCUT2D eigenvalue weighted by molar-refractivity contribution is -0.138. The molecule has 0 atom stereocenters. The topological polar surface area (TPSA) is 99.7 Å². The first-order valence-corrected chi connectivity index (χ1v) is 14.4. The number of methoxy groups -OCH3 is 1. The summed E-state index contributed by atoms with van der Waals surface area (Å²) in [5.41, 5.74) is -0.299. The average Bonchev–Trinajstić information content (AvgIpc) is 3.76. The molecule has 2 N–H and O–H groups in total. The van der Waals surface area contributed by atoms with Crippen LogP contribution in [0.15, 0.2) is 36.5 Å². The molecule has 9 nitrogen and oxygen atoms in total. The number of carbonyl (C=O) groups excluding carboxylic acids is 2. The van der Waals surface area contributed by atoms with E-state index < -0.39 is 23.5 Å². The Kier molecular flexibility index (Phi) is 7.47. The van der Waals surface area contributed by atoms with E-state index in [1.165, 1.54) is 13.2 Å². The molecule has 1 aromatic heterocycles. The number of fused-ring (bicyclic) bond motifs is 2. The molecule has 0 bridgehead atoms. The molecule has 1 saturated heterocycles. The smallest absolute Gasteiger partial charge is 0.419 e. The average molecular weight is 613 g/mol. The van der Waals surface area contributed by atoms with Crippen LogP contribution in [0.5, 0.6) is 5.75 Å². The minimum atomic E-state index is -4.75. The highest BCUT2D eigenvalue weighted by Gasteiger charge is 2.56. The molecule has 232 valence electrons. The number of ether oxygens (including phenoxy) is 1. The zero-order valence-corrected chi connectivity index (χ0v) is 24.5. The van der Waals surface area contributed by atoms with Gasteiger partial charge in [-0.1, -0.05) is 18.2 Å². The highest BCUT2D eigenvalue weighted by atomic mass is 19.4. The fourth-order valence-electron chi connectivity index (χ4n) is 6.21. The van der Waals surface area contributed by atoms with Crippen LogP contribution < -0.4 is 15.4 Å². The largest absolute Gasteiger partial charge is 0.495 e. The predicted molar refractivity (Wildman–Crippen MR) is 154 cm³/mol. The number of hydrogen-bond acceptors (Lipinski definition) is 7. The number of anilines is 2. The molecule has 1 aliphatic carbocycles. The fourth-order valence-corrected chi connectivity index (χ4v) is 6.21. The predicted octanol–water partition coefficient (Wildman–Crippen LogP) is 4.88. The zero-order valence-electron chi connectivity index (χ0n) is 24.5. The SMILES string of the molecule is COc1cc(C(=O)NC2CCN(C)CC2)c(F)cc1Nc1ncc(C(F)(F)F)c(Cc2cccc3c2C(=O)N(C)C32CC2)n1. The van der Waals surface area contributed by atoms with Crippen molar-refractivity contribution in [1.29, 1.82) is 0 Å². The Hall–Kier alpha value is -4.26. The first kappa shape index (κ1) is 29.8. The number of benzene rings is 2. The molecule has 2 aromatic carbocycles. The summed E-state index contributed by atoms with van der Waals surface area (Å²) < 4.78 is 62.7. The van der Waals surface area contributed by atoms with Gasteiger partial charge in [0.15, 0.2) is 0 Å². The van der Waals surface area contributed by atoms with Gasteiger partial charge in [0.25, 0.3) is 11.8 Å². The summed E-state index contributed by atoms with van der Waals surface area (Å²) in [5.74, 6) is -1.81. The van der Waals surface area contributed by atoms with Crippen molar-refractivity contribution in [2.75, 3.05) is 39.6 Å². The summed E-state index contributed by atoms with van der Waals surface area (Å²) in [7, 11) is 5.03. The monoisotopic (exact) mass is 612 g/mol. The molecule has 2 amide bonds. The van der Waals surface area contributed by atoms with Crippen molar-refractivity contribution >= 4 is 23.5 Å². The van der Waals surface area contributed by atoms with E-state index in [0.29, 0.717) is 17.3 Å². The Morgan fingerprint density at radius 3 is 2.55 bits per heavy atom. The summed E-state index contributed by atoms with van der Waals surface area (Å²) >= 11 is 0. The molecule has 6 rings (SSSR count). The van der Waals surface area contributed by atoms with E-state index >= 15 is 4.39 Å². The second-order valence-corrected chi connectivity index (χ2v) is 11.7. The number of alkyl halides is 3. The minimum absolute atomic E-state index is 0.0274. The van der Waals surface area contributed by atoms with Crippen molar-refractivity contribution in [3.8, 4) is 5.75 Å². The molecular formula is C31H32F4N6O3. The van der Waals surface area contributed by atoms with Gasteiger partial charge in [0, 0.05) is 37.3 Å². The lowest BCUT2D eigenvalue weighted by Gasteiger charge is -2.29. The van der Waals surface area contributed by atoms with Crippen molar-refractivity contribution in [3.05, 3.63) is 75.9 Å². The van der Waals surface area contributed by atoms with Gasteiger partial charge < -0.3 is 25.2 Å². The van der Waals surface area contributed by atoms with Crippen LogP contribution in [-0.4, -0.2) is 71.9 Å². The molecule has 3 heterocycles. The van der Waals surface area contributed by atoms with Crippen LogP contribution in [0.1, 0.15) is 68.8 Å². The van der Waals surface area contributed by atoms with E-state index in [9.17, 15) is 22.8 Å². The number of carbonyl (C=O) groups is 2. The molecule has 2 aliphatic heterocycles. The van der Waals surface area contributed by atoms with Crippen molar-refractivity contribution < 1.29 is 31.9 Å². The van der Waals surface area contributed by atoms with Crippen LogP contribution in [0.4, 0.5) is 29.2 Å². The van der Waals surface area contributed by atoms with E-state index in [2.05, 4.69) is 25.5 Å². The number of rotatable bonds is 7. The Bertz CT molecular complexity index is 1630. The first-order valence-electron chi connectivity index (χ1n) is 14.4. The second-order valence-electron chi connectivity index (χ2n) is 11.7. The summed E-state index contributed by atoms with van der Waals surface area (Å²) in [4.78, 5) is 37.8. The maximum Gasteiger partial charge on any atom is 0.419 e. The van der Waals surface area contributed by atoms with E-state index in [0.717, 1.165) is 50.4 Å². The zero-order chi connectivity index (χ0) is 31.4. The van der Waals surface area contributed by atoms with Gasteiger partial charge in [-0.2, -0.15) is 13.2 Å². The molecule has 1 spiro atoms. The van der Waals surface area contributed by atoms with Crippen LogP contribution in [-0.2, 0) is 18.1 Å². The normalized spacial score (nSPS) is 18.0. The number of likely N-dealkylation sites (tertiary alicyclic amines) is 1. The van der Waals surface area contributed by atoms with Gasteiger partial charge in [-0.25, -0.2) is 14.4 Å². The number of nitrogens with one attached hydrogen (secondary N) is 2. The van der Waals surface area contributed by atoms with Crippen molar-refractivity contribution in [2.45, 2.75) is 49.9 Å². The number of amides is 2. The molecule has 3 aromatic rings. The standard InChI is InChI=1S/C31H32F4N6O3/c1-40-11-7-18(8-12-40)37-27(42)19-14-25(44-3)24(15-22(19)32)39-29-36-16-21(31(33,34)35)23(38-29)13-17-5-4-6-20-26(17)28(43)41(2)30(20)9-10-30/h4-6,14-16,18H,7-13H2,1-3H3,(H,37,42)(H,36,38,39). The van der Waals surface area contributed by atoms with Gasteiger partial charge in [0.1, 0.15) is 11.6 Å². The van der Waals surface area contributed by atoms with E-state index in [4.69, 9.17) is 4.74 Å². The highest BCUT2D eigenvalue weighted by molar-refractivity contribution is 6.02. The van der Waals surface area contributed by atoms with Crippen molar-refractivity contribution in [2.24, 2.45) is 0 Å². The van der Waals surface area contributed by atoms with Gasteiger partial charge >= 0.3 is 6.18 Å². The van der Waals surface area contributed by atoms with Crippen LogP contribution >= 0.6 is 0 Å². The lowest BCUT2D eigenvalue weighted by Crippen LogP contribution is -2.43. The fraction of sp³-hybridized carbons (Fsp3) is 0.419. The summed E-state index contributed by atoms with van der Waals surface area (Å²) in [6.45, 7) is 1.63. The van der Waals surface area contributed by atoms with Crippen molar-refractivity contribution in [1.82, 2.24) is 25.1 Å². The number of hydrogen-bond donors (Lipinski definition) is 2. The summed E-state index contributed by atoms with van der Waals surface area (Å²) in [6, 6.07) is 7.40. The molecular weight excluding hydrogens is 580 g/mol. The summed E-state index contributed by atoms with van der Waals surface area (Å²) in [6.07, 6.45) is -1.27. The molecule has 3 aliphatic rings.